The average Bonchev–Trinajstić information content (AvgIpc) is 3.14. The van der Waals surface area contributed by atoms with E-state index in [2.05, 4.69) is 15.5 Å². The molecule has 1 amide bonds. The van der Waals surface area contributed by atoms with E-state index < -0.39 is 5.91 Å². The van der Waals surface area contributed by atoms with Crippen LogP contribution in [0.4, 0.5) is 5.69 Å². The minimum atomic E-state index is -0.419. The number of nitrogens with one attached hydrogen (secondary N) is 1. The number of rotatable bonds is 5. The van der Waals surface area contributed by atoms with Gasteiger partial charge in [0.1, 0.15) is 5.75 Å². The zero-order valence-electron chi connectivity index (χ0n) is 16.8. The summed E-state index contributed by atoms with van der Waals surface area (Å²) in [6.45, 7) is 3.84. The molecular formula is C22H20ClN5O2. The van der Waals surface area contributed by atoms with Gasteiger partial charge in [0.2, 0.25) is 0 Å². The molecule has 152 valence electrons. The molecule has 2 aromatic carbocycles. The largest absolute Gasteiger partial charge is 0.495 e. The van der Waals surface area contributed by atoms with E-state index in [1.807, 2.05) is 37.3 Å². The van der Waals surface area contributed by atoms with Gasteiger partial charge in [-0.1, -0.05) is 48.9 Å². The van der Waals surface area contributed by atoms with Gasteiger partial charge < -0.3 is 10.1 Å². The summed E-state index contributed by atoms with van der Waals surface area (Å²) in [7, 11) is 1.52. The maximum atomic E-state index is 12.9. The number of carbonyl (C=O) groups excluding carboxylic acids is 1. The van der Waals surface area contributed by atoms with Crippen LogP contribution in [0.5, 0.6) is 5.75 Å². The van der Waals surface area contributed by atoms with Crippen LogP contribution in [-0.4, -0.2) is 32.8 Å². The zero-order chi connectivity index (χ0) is 21.3. The van der Waals surface area contributed by atoms with Gasteiger partial charge in [0.15, 0.2) is 11.3 Å². The Balaban J connectivity index is 1.78. The van der Waals surface area contributed by atoms with E-state index in [1.54, 1.807) is 29.6 Å². The summed E-state index contributed by atoms with van der Waals surface area (Å²) < 4.78 is 6.97. The number of methoxy groups -OCH3 is 1. The van der Waals surface area contributed by atoms with Crippen LogP contribution in [0.3, 0.4) is 0 Å². The van der Waals surface area contributed by atoms with E-state index in [9.17, 15) is 4.79 Å². The molecule has 0 atom stereocenters. The Morgan fingerprint density at radius 2 is 1.93 bits per heavy atom. The first-order chi connectivity index (χ1) is 14.5. The molecule has 30 heavy (non-hydrogen) atoms. The number of aromatic nitrogens is 4. The molecule has 0 bridgehead atoms. The van der Waals surface area contributed by atoms with E-state index in [-0.39, 0.29) is 5.69 Å². The molecule has 0 saturated carbocycles. The summed E-state index contributed by atoms with van der Waals surface area (Å²) in [5, 5.41) is 16.5. The van der Waals surface area contributed by atoms with Gasteiger partial charge in [-0.15, -0.1) is 10.2 Å². The van der Waals surface area contributed by atoms with Crippen LogP contribution in [-0.2, 0) is 6.42 Å². The summed E-state index contributed by atoms with van der Waals surface area (Å²) in [4.78, 5) is 12.9. The van der Waals surface area contributed by atoms with Gasteiger partial charge in [0, 0.05) is 5.02 Å². The van der Waals surface area contributed by atoms with E-state index in [1.165, 1.54) is 7.11 Å². The van der Waals surface area contributed by atoms with Gasteiger partial charge in [-0.05, 0) is 37.1 Å². The number of ether oxygens (including phenoxy) is 1. The van der Waals surface area contributed by atoms with Crippen molar-refractivity contribution in [2.24, 2.45) is 0 Å². The van der Waals surface area contributed by atoms with Crippen LogP contribution >= 0.6 is 11.6 Å². The molecule has 2 heterocycles. The number of aryl methyl sites for hydroxylation is 2. The van der Waals surface area contributed by atoms with Crippen molar-refractivity contribution in [2.45, 2.75) is 20.3 Å². The second-order valence-corrected chi connectivity index (χ2v) is 7.15. The number of anilines is 1. The van der Waals surface area contributed by atoms with Gasteiger partial charge >= 0.3 is 0 Å². The fourth-order valence-electron chi connectivity index (χ4n) is 3.37. The first-order valence-electron chi connectivity index (χ1n) is 9.48. The van der Waals surface area contributed by atoms with Crippen LogP contribution in [0.1, 0.15) is 28.8 Å². The zero-order valence-corrected chi connectivity index (χ0v) is 17.6. The normalized spacial score (nSPS) is 10.9. The van der Waals surface area contributed by atoms with Crippen LogP contribution in [0, 0.1) is 6.92 Å². The smallest absolute Gasteiger partial charge is 0.278 e. The van der Waals surface area contributed by atoms with E-state index in [0.717, 1.165) is 23.2 Å². The molecule has 0 aliphatic heterocycles. The summed E-state index contributed by atoms with van der Waals surface area (Å²) in [6.07, 6.45) is 0.730. The Morgan fingerprint density at radius 3 is 2.63 bits per heavy atom. The standard InChI is InChI=1S/C22H20ClN5O2/c1-4-16-19(14-8-6-5-7-9-14)21-26-25-20(13(2)28(21)27-16)22(29)24-17-12-15(23)10-11-18(17)30-3/h5-12H,4H2,1-3H3,(H,24,29). The highest BCUT2D eigenvalue weighted by atomic mass is 35.5. The van der Waals surface area contributed by atoms with Gasteiger partial charge in [-0.3, -0.25) is 4.79 Å². The molecule has 7 nitrogen and oxygen atoms in total. The quantitative estimate of drug-likeness (QED) is 0.510. The molecule has 0 radical (unpaired) electrons. The Hall–Kier alpha value is -3.45. The van der Waals surface area contributed by atoms with Crippen molar-refractivity contribution in [1.29, 1.82) is 0 Å². The van der Waals surface area contributed by atoms with Crippen LogP contribution in [0.15, 0.2) is 48.5 Å². The van der Waals surface area contributed by atoms with Crippen molar-refractivity contribution >= 4 is 28.8 Å². The fourth-order valence-corrected chi connectivity index (χ4v) is 3.54. The first-order valence-corrected chi connectivity index (χ1v) is 9.86. The number of fused-ring (bicyclic) bond motifs is 1. The lowest BCUT2D eigenvalue weighted by Gasteiger charge is -2.11. The van der Waals surface area contributed by atoms with Crippen molar-refractivity contribution in [3.05, 3.63) is 70.6 Å². The van der Waals surface area contributed by atoms with Crippen LogP contribution in [0.25, 0.3) is 16.8 Å². The summed E-state index contributed by atoms with van der Waals surface area (Å²) in [5.74, 6) is 0.0791. The lowest BCUT2D eigenvalue weighted by Crippen LogP contribution is -2.19. The Morgan fingerprint density at radius 1 is 1.17 bits per heavy atom. The van der Waals surface area contributed by atoms with Crippen molar-refractivity contribution in [2.75, 3.05) is 12.4 Å². The second-order valence-electron chi connectivity index (χ2n) is 6.71. The SMILES string of the molecule is CCc1nn2c(C)c(C(=O)Nc3cc(Cl)ccc3OC)nnc2c1-c1ccccc1. The molecule has 2 aromatic heterocycles. The van der Waals surface area contributed by atoms with E-state index in [0.29, 0.717) is 27.8 Å². The maximum absolute atomic E-state index is 12.9. The van der Waals surface area contributed by atoms with E-state index in [4.69, 9.17) is 21.4 Å². The van der Waals surface area contributed by atoms with Crippen molar-refractivity contribution in [3.63, 3.8) is 0 Å². The lowest BCUT2D eigenvalue weighted by molar-refractivity contribution is 0.101. The van der Waals surface area contributed by atoms with Gasteiger partial charge in [-0.2, -0.15) is 5.10 Å². The molecule has 0 unspecified atom stereocenters. The highest BCUT2D eigenvalue weighted by Crippen LogP contribution is 2.30. The fraction of sp³-hybridized carbons (Fsp3) is 0.182. The van der Waals surface area contributed by atoms with Crippen molar-refractivity contribution in [1.82, 2.24) is 19.8 Å². The minimum absolute atomic E-state index is 0.175. The third kappa shape index (κ3) is 3.48. The second kappa shape index (κ2) is 8.12. The Labute approximate surface area is 178 Å². The topological polar surface area (TPSA) is 81.4 Å². The number of hydrogen-bond donors (Lipinski definition) is 1. The number of halogens is 1. The highest BCUT2D eigenvalue weighted by molar-refractivity contribution is 6.31. The minimum Gasteiger partial charge on any atom is -0.495 e. The van der Waals surface area contributed by atoms with Gasteiger partial charge in [0.25, 0.3) is 5.91 Å². The van der Waals surface area contributed by atoms with Crippen molar-refractivity contribution in [3.8, 4) is 16.9 Å². The number of amides is 1. The molecule has 0 aliphatic carbocycles. The average molecular weight is 422 g/mol. The van der Waals surface area contributed by atoms with E-state index >= 15 is 0 Å². The van der Waals surface area contributed by atoms with Crippen LogP contribution in [0.2, 0.25) is 5.02 Å². The number of nitrogens with zero attached hydrogens (tertiary/aromatic N) is 4. The number of hydrogen-bond acceptors (Lipinski definition) is 5. The first kappa shape index (κ1) is 19.8. The summed E-state index contributed by atoms with van der Waals surface area (Å²) >= 11 is 6.06. The lowest BCUT2D eigenvalue weighted by atomic mass is 10.0. The predicted octanol–water partition coefficient (Wildman–Crippen LogP) is 4.58. The molecule has 0 fully saturated rings. The van der Waals surface area contributed by atoms with Gasteiger partial charge in [0.05, 0.1) is 29.7 Å². The van der Waals surface area contributed by atoms with Gasteiger partial charge in [-0.25, -0.2) is 4.52 Å². The molecule has 1 N–H and O–H groups in total. The Kier molecular flexibility index (Phi) is 5.37. The molecule has 0 spiro atoms. The predicted molar refractivity (Wildman–Crippen MR) is 116 cm³/mol. The third-order valence-corrected chi connectivity index (χ3v) is 5.10. The molecule has 8 heteroatoms. The molecular weight excluding hydrogens is 402 g/mol. The van der Waals surface area contributed by atoms with Crippen molar-refractivity contribution < 1.29 is 9.53 Å². The number of benzene rings is 2. The highest BCUT2D eigenvalue weighted by Gasteiger charge is 2.21. The molecule has 0 saturated heterocycles. The molecule has 4 aromatic rings. The molecule has 4 rings (SSSR count). The monoisotopic (exact) mass is 421 g/mol. The van der Waals surface area contributed by atoms with Crippen LogP contribution < -0.4 is 10.1 Å². The molecule has 0 aliphatic rings. The Bertz CT molecular complexity index is 1240. The summed E-state index contributed by atoms with van der Waals surface area (Å²) in [6, 6.07) is 14.9. The third-order valence-electron chi connectivity index (χ3n) is 4.86. The maximum Gasteiger partial charge on any atom is 0.278 e. The number of carbonyl (C=O) groups is 1. The summed E-state index contributed by atoms with van der Waals surface area (Å²) in [5.41, 5.74) is 4.68.